The molecular weight excluding hydrogens is 468 g/mol. The number of ether oxygens (including phenoxy) is 4. The van der Waals surface area contributed by atoms with Crippen LogP contribution in [0.1, 0.15) is 19.4 Å². The van der Waals surface area contributed by atoms with Gasteiger partial charge in [-0.15, -0.1) is 10.2 Å². The fourth-order valence-corrected chi connectivity index (χ4v) is 4.29. The van der Waals surface area contributed by atoms with Gasteiger partial charge in [0, 0.05) is 11.3 Å². The number of hydrogen-bond acceptors (Lipinski definition) is 9. The van der Waals surface area contributed by atoms with Gasteiger partial charge in [0.15, 0.2) is 17.3 Å². The lowest BCUT2D eigenvalue weighted by Gasteiger charge is -2.16. The highest BCUT2D eigenvalue weighted by Crippen LogP contribution is 2.32. The molecule has 1 aliphatic heterocycles. The highest BCUT2D eigenvalue weighted by Gasteiger charge is 2.26. The smallest absolute Gasteiger partial charge is 0.340 e. The second kappa shape index (κ2) is 11.1. The van der Waals surface area contributed by atoms with Gasteiger partial charge in [-0.05, 0) is 61.9 Å². The van der Waals surface area contributed by atoms with Crippen molar-refractivity contribution in [3.05, 3.63) is 53.6 Å². The van der Waals surface area contributed by atoms with Crippen molar-refractivity contribution in [1.29, 1.82) is 0 Å². The predicted molar refractivity (Wildman–Crippen MR) is 134 cm³/mol. The minimum atomic E-state index is -0.455. The number of hydrogen-bond donors (Lipinski definition) is 0. The van der Waals surface area contributed by atoms with E-state index in [1.807, 2.05) is 43.3 Å². The first-order chi connectivity index (χ1) is 17.1. The maximum atomic E-state index is 13.0. The van der Waals surface area contributed by atoms with Gasteiger partial charge in [0.1, 0.15) is 5.75 Å². The first-order valence-electron chi connectivity index (χ1n) is 11.1. The van der Waals surface area contributed by atoms with E-state index in [-0.39, 0.29) is 6.61 Å². The molecule has 35 heavy (non-hydrogen) atoms. The molecule has 2 heterocycles. The van der Waals surface area contributed by atoms with E-state index in [1.54, 1.807) is 38.0 Å². The second-order valence-corrected chi connectivity index (χ2v) is 8.25. The SMILES string of the molecule is CCOC(=O)C(=Cc1ccc(OC)c(OCC)c1)C1=Nn2c(nnc2-c2ccc(OC)cc2)SC1. The summed E-state index contributed by atoms with van der Waals surface area (Å²) in [6.07, 6.45) is 1.75. The first-order valence-corrected chi connectivity index (χ1v) is 12.1. The average Bonchev–Trinajstić information content (AvgIpc) is 3.31. The van der Waals surface area contributed by atoms with Gasteiger partial charge >= 0.3 is 5.97 Å². The summed E-state index contributed by atoms with van der Waals surface area (Å²) in [5.74, 6) is 2.51. The van der Waals surface area contributed by atoms with Crippen molar-refractivity contribution in [1.82, 2.24) is 14.9 Å². The van der Waals surface area contributed by atoms with Crippen LogP contribution in [0.2, 0.25) is 0 Å². The maximum absolute atomic E-state index is 13.0. The van der Waals surface area contributed by atoms with Crippen molar-refractivity contribution in [2.24, 2.45) is 5.10 Å². The van der Waals surface area contributed by atoms with E-state index in [1.165, 1.54) is 11.8 Å². The van der Waals surface area contributed by atoms with Gasteiger partial charge in [-0.1, -0.05) is 17.8 Å². The first kappa shape index (κ1) is 24.3. The molecule has 182 valence electrons. The third-order valence-corrected chi connectivity index (χ3v) is 6.05. The zero-order valence-corrected chi connectivity index (χ0v) is 20.8. The van der Waals surface area contributed by atoms with E-state index >= 15 is 0 Å². The monoisotopic (exact) mass is 494 g/mol. The number of benzene rings is 2. The number of carbonyl (C=O) groups excluding carboxylic acids is 1. The molecule has 2 aromatic carbocycles. The summed E-state index contributed by atoms with van der Waals surface area (Å²) in [6.45, 7) is 4.41. The molecule has 0 saturated heterocycles. The van der Waals surface area contributed by atoms with Crippen molar-refractivity contribution >= 4 is 29.5 Å². The molecule has 0 atom stereocenters. The number of rotatable bonds is 9. The highest BCUT2D eigenvalue weighted by molar-refractivity contribution is 7.99. The summed E-state index contributed by atoms with van der Waals surface area (Å²) in [5, 5.41) is 14.0. The van der Waals surface area contributed by atoms with Crippen molar-refractivity contribution < 1.29 is 23.7 Å². The molecule has 0 spiro atoms. The molecule has 1 aliphatic rings. The maximum Gasteiger partial charge on any atom is 0.340 e. The van der Waals surface area contributed by atoms with Crippen molar-refractivity contribution in [2.45, 2.75) is 19.0 Å². The number of aromatic nitrogens is 3. The Morgan fingerprint density at radius 3 is 2.51 bits per heavy atom. The summed E-state index contributed by atoms with van der Waals surface area (Å²) < 4.78 is 23.3. The summed E-state index contributed by atoms with van der Waals surface area (Å²) in [7, 11) is 3.20. The Morgan fingerprint density at radius 1 is 1.03 bits per heavy atom. The van der Waals surface area contributed by atoms with Gasteiger partial charge in [0.25, 0.3) is 0 Å². The third-order valence-electron chi connectivity index (χ3n) is 5.12. The number of carbonyl (C=O) groups is 1. The molecule has 0 amide bonds. The predicted octanol–water partition coefficient (Wildman–Crippen LogP) is 4.32. The summed E-state index contributed by atoms with van der Waals surface area (Å²) in [5.41, 5.74) is 2.50. The minimum absolute atomic E-state index is 0.248. The van der Waals surface area contributed by atoms with E-state index in [2.05, 4.69) is 10.2 Å². The molecule has 3 aromatic rings. The largest absolute Gasteiger partial charge is 0.497 e. The summed E-state index contributed by atoms with van der Waals surface area (Å²) >= 11 is 1.45. The van der Waals surface area contributed by atoms with E-state index in [0.29, 0.717) is 46.1 Å². The Morgan fingerprint density at radius 2 is 1.83 bits per heavy atom. The van der Waals surface area contributed by atoms with Crippen LogP contribution in [0.25, 0.3) is 17.5 Å². The van der Waals surface area contributed by atoms with Crippen LogP contribution in [-0.4, -0.2) is 59.7 Å². The van der Waals surface area contributed by atoms with Crippen LogP contribution in [0.15, 0.2) is 58.3 Å². The van der Waals surface area contributed by atoms with Gasteiger partial charge in [0.2, 0.25) is 5.16 Å². The molecule has 0 saturated carbocycles. The minimum Gasteiger partial charge on any atom is -0.497 e. The van der Waals surface area contributed by atoms with E-state index in [0.717, 1.165) is 16.9 Å². The van der Waals surface area contributed by atoms with Crippen LogP contribution in [0.5, 0.6) is 17.2 Å². The van der Waals surface area contributed by atoms with Crippen LogP contribution in [0.3, 0.4) is 0 Å². The second-order valence-electron chi connectivity index (χ2n) is 7.30. The molecule has 0 bridgehead atoms. The van der Waals surface area contributed by atoms with Crippen LogP contribution < -0.4 is 14.2 Å². The van der Waals surface area contributed by atoms with E-state index < -0.39 is 5.97 Å². The van der Waals surface area contributed by atoms with Gasteiger partial charge in [-0.3, -0.25) is 0 Å². The molecule has 0 fully saturated rings. The van der Waals surface area contributed by atoms with E-state index in [9.17, 15) is 4.79 Å². The zero-order valence-electron chi connectivity index (χ0n) is 20.0. The Balaban J connectivity index is 1.76. The van der Waals surface area contributed by atoms with Gasteiger partial charge in [0.05, 0.1) is 38.7 Å². The summed E-state index contributed by atoms with van der Waals surface area (Å²) in [4.78, 5) is 13.0. The number of methoxy groups -OCH3 is 2. The lowest BCUT2D eigenvalue weighted by atomic mass is 10.1. The molecule has 0 radical (unpaired) electrons. The molecule has 10 heteroatoms. The molecule has 4 rings (SSSR count). The number of thioether (sulfide) groups is 1. The van der Waals surface area contributed by atoms with Crippen LogP contribution in [0, 0.1) is 0 Å². The molecule has 0 aliphatic carbocycles. The average molecular weight is 495 g/mol. The van der Waals surface area contributed by atoms with Crippen molar-refractivity contribution in [3.63, 3.8) is 0 Å². The zero-order chi connectivity index (χ0) is 24.8. The Kier molecular flexibility index (Phi) is 7.71. The van der Waals surface area contributed by atoms with Crippen LogP contribution in [-0.2, 0) is 9.53 Å². The molecule has 1 aromatic heterocycles. The van der Waals surface area contributed by atoms with Crippen molar-refractivity contribution in [2.75, 3.05) is 33.2 Å². The van der Waals surface area contributed by atoms with Crippen molar-refractivity contribution in [3.8, 4) is 28.6 Å². The topological polar surface area (TPSA) is 97.1 Å². The Labute approximate surface area is 207 Å². The molecule has 0 N–H and O–H groups in total. The normalized spacial score (nSPS) is 13.0. The number of fused-ring (bicyclic) bond motifs is 1. The quantitative estimate of drug-likeness (QED) is 0.321. The van der Waals surface area contributed by atoms with Crippen LogP contribution in [0.4, 0.5) is 0 Å². The Bertz CT molecular complexity index is 1270. The van der Waals surface area contributed by atoms with Gasteiger partial charge in [-0.25, -0.2) is 4.79 Å². The molecular formula is C25H26N4O5S. The fraction of sp³-hybridized carbons (Fsp3) is 0.280. The van der Waals surface area contributed by atoms with Crippen LogP contribution >= 0.6 is 11.8 Å². The Hall–Kier alpha value is -3.79. The third kappa shape index (κ3) is 5.32. The van der Waals surface area contributed by atoms with Gasteiger partial charge < -0.3 is 18.9 Å². The molecule has 0 unspecified atom stereocenters. The fourth-order valence-electron chi connectivity index (χ4n) is 3.47. The lowest BCUT2D eigenvalue weighted by Crippen LogP contribution is -2.21. The molecule has 9 nitrogen and oxygen atoms in total. The standard InChI is InChI=1S/C25H26N4O5S/c1-5-33-22-14-16(7-12-21(22)32-4)13-19(24(30)34-6-2)20-15-35-25-27-26-23(29(25)28-20)17-8-10-18(31-3)11-9-17/h7-14H,5-6,15H2,1-4H3. The highest BCUT2D eigenvalue weighted by atomic mass is 32.2. The number of esters is 1. The van der Waals surface area contributed by atoms with Gasteiger partial charge in [-0.2, -0.15) is 9.78 Å². The number of nitrogens with zero attached hydrogens (tertiary/aromatic N) is 4. The lowest BCUT2D eigenvalue weighted by molar-refractivity contribution is -0.137. The van der Waals surface area contributed by atoms with E-state index in [4.69, 9.17) is 24.0 Å². The summed E-state index contributed by atoms with van der Waals surface area (Å²) in [6, 6.07) is 13.0.